The highest BCUT2D eigenvalue weighted by Crippen LogP contribution is 2.02. The third-order valence-electron chi connectivity index (χ3n) is 1.63. The first-order valence-electron chi connectivity index (χ1n) is 3.25. The zero-order chi connectivity index (χ0) is 6.69. The highest BCUT2D eigenvalue weighted by Gasteiger charge is 2.12. The molecule has 1 rings (SSSR count). The predicted octanol–water partition coefficient (Wildman–Crippen LogP) is 0.592. The minimum atomic E-state index is 0.907. The van der Waals surface area contributed by atoms with Crippen LogP contribution in [0.4, 0.5) is 0 Å². The van der Waals surface area contributed by atoms with Crippen molar-refractivity contribution in [1.82, 2.24) is 9.32 Å². The maximum atomic E-state index is 5.73. The molecule has 1 aliphatic rings. The van der Waals surface area contributed by atoms with E-state index in [1.54, 1.807) is 0 Å². The minimum Gasteiger partial charge on any atom is -0.301 e. The van der Waals surface area contributed by atoms with Gasteiger partial charge in [0, 0.05) is 26.2 Å². The monoisotopic (exact) mass is 147 g/mol. The summed E-state index contributed by atoms with van der Waals surface area (Å²) < 4.78 is 1.83. The van der Waals surface area contributed by atoms with Gasteiger partial charge in [-0.3, -0.25) is 0 Å². The smallest absolute Gasteiger partial charge is 0.0267 e. The Labute approximate surface area is 61.5 Å². The molecule has 0 saturated carbocycles. The number of hydrogen-bond donors (Lipinski definition) is 0. The highest BCUT2D eigenvalue weighted by atomic mass is 35.5. The lowest BCUT2D eigenvalue weighted by molar-refractivity contribution is 0.208. The van der Waals surface area contributed by atoms with Crippen molar-refractivity contribution >= 4 is 11.8 Å². The van der Waals surface area contributed by atoms with Crippen LogP contribution in [-0.2, 0) is 0 Å². The zero-order valence-corrected chi connectivity index (χ0v) is 6.27. The maximum Gasteiger partial charge on any atom is 0.0267 e. The summed E-state index contributed by atoms with van der Waals surface area (Å²) in [6.45, 7) is 8.77. The van der Waals surface area contributed by atoms with Crippen LogP contribution in [0.1, 0.15) is 0 Å². The standard InChI is InChI=1S/C6H12ClN2/c1-2-8-3-5-9(7)6-4-8/h1-6H2. The summed E-state index contributed by atoms with van der Waals surface area (Å²) in [6.07, 6.45) is 0. The molecule has 3 heteroatoms. The van der Waals surface area contributed by atoms with Crippen molar-refractivity contribution < 1.29 is 0 Å². The van der Waals surface area contributed by atoms with Crippen LogP contribution in [0.5, 0.6) is 0 Å². The lowest BCUT2D eigenvalue weighted by Crippen LogP contribution is -2.42. The van der Waals surface area contributed by atoms with E-state index in [0.29, 0.717) is 0 Å². The van der Waals surface area contributed by atoms with Crippen LogP contribution in [0.3, 0.4) is 0 Å². The molecule has 0 aromatic heterocycles. The van der Waals surface area contributed by atoms with Gasteiger partial charge in [-0.25, -0.2) is 4.42 Å². The Hall–Kier alpha value is 0.210. The Morgan fingerprint density at radius 1 is 1.22 bits per heavy atom. The van der Waals surface area contributed by atoms with Gasteiger partial charge in [-0.1, -0.05) is 0 Å². The summed E-state index contributed by atoms with van der Waals surface area (Å²) in [5.74, 6) is 0. The van der Waals surface area contributed by atoms with Crippen molar-refractivity contribution in [3.05, 3.63) is 6.92 Å². The lowest BCUT2D eigenvalue weighted by atomic mass is 10.4. The lowest BCUT2D eigenvalue weighted by Gasteiger charge is -2.29. The molecule has 1 radical (unpaired) electrons. The summed E-state index contributed by atoms with van der Waals surface area (Å²) in [5, 5.41) is 0. The van der Waals surface area contributed by atoms with Crippen molar-refractivity contribution in [2.24, 2.45) is 0 Å². The number of piperazine rings is 1. The molecule has 1 fully saturated rings. The molecular formula is C6H12ClN2. The molecule has 1 heterocycles. The van der Waals surface area contributed by atoms with Crippen molar-refractivity contribution in [2.75, 3.05) is 32.7 Å². The van der Waals surface area contributed by atoms with E-state index in [2.05, 4.69) is 11.8 Å². The summed E-state index contributed by atoms with van der Waals surface area (Å²) in [6, 6.07) is 0. The molecule has 53 valence electrons. The van der Waals surface area contributed by atoms with E-state index in [1.807, 2.05) is 4.42 Å². The van der Waals surface area contributed by atoms with E-state index in [0.717, 1.165) is 32.7 Å². The molecule has 0 bridgehead atoms. The summed E-state index contributed by atoms with van der Waals surface area (Å²) in [7, 11) is 0. The van der Waals surface area contributed by atoms with Crippen LogP contribution >= 0.6 is 11.8 Å². The van der Waals surface area contributed by atoms with Crippen LogP contribution in [0.25, 0.3) is 0 Å². The zero-order valence-electron chi connectivity index (χ0n) is 5.52. The van der Waals surface area contributed by atoms with Crippen molar-refractivity contribution in [3.8, 4) is 0 Å². The quantitative estimate of drug-likeness (QED) is 0.501. The van der Waals surface area contributed by atoms with Gasteiger partial charge in [0.05, 0.1) is 0 Å². The normalized spacial score (nSPS) is 24.7. The van der Waals surface area contributed by atoms with Gasteiger partial charge >= 0.3 is 0 Å². The molecule has 0 N–H and O–H groups in total. The van der Waals surface area contributed by atoms with Crippen molar-refractivity contribution in [1.29, 1.82) is 0 Å². The number of hydrogen-bond acceptors (Lipinski definition) is 2. The van der Waals surface area contributed by atoms with Gasteiger partial charge in [0.2, 0.25) is 0 Å². The SMILES string of the molecule is [CH2]CN1CCN(Cl)CC1. The average molecular weight is 148 g/mol. The summed E-state index contributed by atoms with van der Waals surface area (Å²) >= 11 is 5.73. The third kappa shape index (κ3) is 2.12. The molecular weight excluding hydrogens is 136 g/mol. The van der Waals surface area contributed by atoms with Gasteiger partial charge in [0.15, 0.2) is 0 Å². The molecule has 9 heavy (non-hydrogen) atoms. The third-order valence-corrected chi connectivity index (χ3v) is 1.97. The Balaban J connectivity index is 2.18. The topological polar surface area (TPSA) is 6.48 Å². The van der Waals surface area contributed by atoms with E-state index in [-0.39, 0.29) is 0 Å². The van der Waals surface area contributed by atoms with E-state index in [9.17, 15) is 0 Å². The van der Waals surface area contributed by atoms with Crippen molar-refractivity contribution in [3.63, 3.8) is 0 Å². The van der Waals surface area contributed by atoms with Crippen LogP contribution in [0, 0.1) is 6.92 Å². The van der Waals surface area contributed by atoms with Gasteiger partial charge in [-0.05, 0) is 25.2 Å². The fraction of sp³-hybridized carbons (Fsp3) is 0.833. The number of rotatable bonds is 1. The number of nitrogens with zero attached hydrogens (tertiary/aromatic N) is 2. The Morgan fingerprint density at radius 3 is 2.22 bits per heavy atom. The molecule has 1 aliphatic heterocycles. The first-order valence-corrected chi connectivity index (χ1v) is 3.59. The van der Waals surface area contributed by atoms with Gasteiger partial charge in [-0.2, -0.15) is 0 Å². The Morgan fingerprint density at radius 2 is 1.78 bits per heavy atom. The Kier molecular flexibility index (Phi) is 2.76. The molecule has 0 aromatic carbocycles. The largest absolute Gasteiger partial charge is 0.301 e. The highest BCUT2D eigenvalue weighted by molar-refractivity contribution is 6.13. The molecule has 0 aromatic rings. The van der Waals surface area contributed by atoms with Crippen LogP contribution in [-0.4, -0.2) is 42.0 Å². The van der Waals surface area contributed by atoms with Crippen LogP contribution < -0.4 is 0 Å². The first-order chi connectivity index (χ1) is 4.33. The molecule has 0 atom stereocenters. The summed E-state index contributed by atoms with van der Waals surface area (Å²) in [5.41, 5.74) is 0. The van der Waals surface area contributed by atoms with Crippen LogP contribution in [0.2, 0.25) is 0 Å². The predicted molar refractivity (Wildman–Crippen MR) is 39.2 cm³/mol. The van der Waals surface area contributed by atoms with Gasteiger partial charge < -0.3 is 4.90 Å². The average Bonchev–Trinajstić information content (AvgIpc) is 1.90. The molecule has 0 unspecified atom stereocenters. The van der Waals surface area contributed by atoms with Gasteiger partial charge in [0.25, 0.3) is 0 Å². The molecule has 0 spiro atoms. The summed E-state index contributed by atoms with van der Waals surface area (Å²) in [4.78, 5) is 2.29. The van der Waals surface area contributed by atoms with E-state index in [1.165, 1.54) is 0 Å². The van der Waals surface area contributed by atoms with E-state index in [4.69, 9.17) is 11.8 Å². The number of halogens is 1. The second kappa shape index (κ2) is 3.40. The van der Waals surface area contributed by atoms with Gasteiger partial charge in [0.1, 0.15) is 0 Å². The maximum absolute atomic E-state index is 5.73. The minimum absolute atomic E-state index is 0.907. The second-order valence-electron chi connectivity index (χ2n) is 2.25. The fourth-order valence-corrected chi connectivity index (χ4v) is 1.10. The molecule has 0 amide bonds. The molecule has 0 aliphatic carbocycles. The van der Waals surface area contributed by atoms with Gasteiger partial charge in [-0.15, -0.1) is 0 Å². The van der Waals surface area contributed by atoms with Crippen molar-refractivity contribution in [2.45, 2.75) is 0 Å². The first kappa shape index (κ1) is 7.32. The molecule has 1 saturated heterocycles. The van der Waals surface area contributed by atoms with E-state index < -0.39 is 0 Å². The Bertz CT molecular complexity index is 79.1. The van der Waals surface area contributed by atoms with E-state index >= 15 is 0 Å². The second-order valence-corrected chi connectivity index (χ2v) is 2.73. The van der Waals surface area contributed by atoms with Crippen LogP contribution in [0.15, 0.2) is 0 Å². The fourth-order valence-electron chi connectivity index (χ4n) is 0.947. The molecule has 2 nitrogen and oxygen atoms in total.